The minimum Gasteiger partial charge on any atom is -0.452 e. The van der Waals surface area contributed by atoms with Gasteiger partial charge in [-0.05, 0) is 67.7 Å². The van der Waals surface area contributed by atoms with Gasteiger partial charge in [-0.25, -0.2) is 4.39 Å². The van der Waals surface area contributed by atoms with Gasteiger partial charge in [0, 0.05) is 11.1 Å². The van der Waals surface area contributed by atoms with E-state index < -0.39 is 0 Å². The lowest BCUT2D eigenvalue weighted by atomic mass is 10.0. The first kappa shape index (κ1) is 20.7. The van der Waals surface area contributed by atoms with Crippen molar-refractivity contribution in [2.75, 3.05) is 4.90 Å². The van der Waals surface area contributed by atoms with Crippen molar-refractivity contribution in [2.24, 2.45) is 0 Å². The molecule has 7 heteroatoms. The number of rotatable bonds is 5. The molecule has 1 saturated heterocycles. The van der Waals surface area contributed by atoms with Gasteiger partial charge in [-0.1, -0.05) is 47.7 Å². The number of pyridine rings is 1. The number of hydrogen-bond acceptors (Lipinski definition) is 4. The summed E-state index contributed by atoms with van der Waals surface area (Å²) in [7, 11) is 0. The van der Waals surface area contributed by atoms with Crippen LogP contribution in [0.4, 0.5) is 10.1 Å². The summed E-state index contributed by atoms with van der Waals surface area (Å²) in [5.74, 6) is 0.343. The lowest BCUT2D eigenvalue weighted by Crippen LogP contribution is -2.30. The SMILES string of the molecule is Cc1ccc(Sc2ccc([C@@H]3[C@H](c4ccccn4)NC(=S)N3c3ccccc3F)o2)cc1. The Balaban J connectivity index is 1.54. The molecule has 4 nitrogen and oxygen atoms in total. The maximum Gasteiger partial charge on any atom is 0.174 e. The fourth-order valence-electron chi connectivity index (χ4n) is 3.82. The van der Waals surface area contributed by atoms with Crippen LogP contribution >= 0.6 is 24.0 Å². The van der Waals surface area contributed by atoms with Crippen LogP contribution < -0.4 is 10.2 Å². The van der Waals surface area contributed by atoms with Crippen molar-refractivity contribution < 1.29 is 8.81 Å². The highest BCUT2D eigenvalue weighted by Gasteiger charge is 2.43. The lowest BCUT2D eigenvalue weighted by Gasteiger charge is -2.26. The summed E-state index contributed by atoms with van der Waals surface area (Å²) < 4.78 is 21.0. The normalized spacial score (nSPS) is 18.1. The van der Waals surface area contributed by atoms with E-state index in [1.54, 1.807) is 41.1 Å². The Kier molecular flexibility index (Phi) is 5.68. The highest BCUT2D eigenvalue weighted by molar-refractivity contribution is 7.99. The van der Waals surface area contributed by atoms with Crippen molar-refractivity contribution in [1.29, 1.82) is 0 Å². The van der Waals surface area contributed by atoms with E-state index in [9.17, 15) is 4.39 Å². The number of nitrogens with one attached hydrogen (secondary N) is 1. The maximum atomic E-state index is 14.8. The van der Waals surface area contributed by atoms with E-state index in [0.717, 1.165) is 15.7 Å². The number of thiocarbonyl (C=S) groups is 1. The Bertz CT molecular complexity index is 1240. The second-order valence-electron chi connectivity index (χ2n) is 7.52. The predicted octanol–water partition coefficient (Wildman–Crippen LogP) is 6.45. The van der Waals surface area contributed by atoms with Gasteiger partial charge in [-0.3, -0.25) is 4.98 Å². The molecule has 0 bridgehead atoms. The highest BCUT2D eigenvalue weighted by atomic mass is 32.2. The number of nitrogens with zero attached hydrogens (tertiary/aromatic N) is 2. The topological polar surface area (TPSA) is 41.3 Å². The van der Waals surface area contributed by atoms with Crippen molar-refractivity contribution in [3.05, 3.63) is 108 Å². The summed E-state index contributed by atoms with van der Waals surface area (Å²) in [5.41, 5.74) is 2.42. The minimum atomic E-state index is -0.387. The van der Waals surface area contributed by atoms with Crippen LogP contribution in [0.25, 0.3) is 0 Å². The summed E-state index contributed by atoms with van der Waals surface area (Å²) >= 11 is 7.18. The van der Waals surface area contributed by atoms with E-state index in [-0.39, 0.29) is 17.9 Å². The molecule has 0 saturated carbocycles. The molecule has 5 rings (SSSR count). The summed E-state index contributed by atoms with van der Waals surface area (Å²) in [4.78, 5) is 7.38. The minimum absolute atomic E-state index is 0.285. The van der Waals surface area contributed by atoms with Gasteiger partial charge in [0.25, 0.3) is 0 Å². The molecule has 0 radical (unpaired) electrons. The van der Waals surface area contributed by atoms with Crippen LogP contribution in [-0.4, -0.2) is 10.1 Å². The summed E-state index contributed by atoms with van der Waals surface area (Å²) in [5, 5.41) is 4.51. The predicted molar refractivity (Wildman–Crippen MR) is 128 cm³/mol. The van der Waals surface area contributed by atoms with Crippen molar-refractivity contribution >= 4 is 34.8 Å². The Morgan fingerprint density at radius 3 is 2.53 bits per heavy atom. The van der Waals surface area contributed by atoms with E-state index in [1.165, 1.54) is 11.6 Å². The molecule has 2 aromatic carbocycles. The molecule has 32 heavy (non-hydrogen) atoms. The van der Waals surface area contributed by atoms with Gasteiger partial charge in [0.2, 0.25) is 0 Å². The van der Waals surface area contributed by atoms with Crippen LogP contribution in [0, 0.1) is 12.7 Å². The Morgan fingerprint density at radius 1 is 1.00 bits per heavy atom. The van der Waals surface area contributed by atoms with Gasteiger partial charge in [0.15, 0.2) is 10.2 Å². The van der Waals surface area contributed by atoms with E-state index in [1.807, 2.05) is 30.3 Å². The molecule has 0 unspecified atom stereocenters. The molecule has 2 atom stereocenters. The summed E-state index contributed by atoms with van der Waals surface area (Å²) in [6.07, 6.45) is 1.74. The molecule has 1 aliphatic rings. The smallest absolute Gasteiger partial charge is 0.174 e. The molecule has 4 aromatic rings. The molecule has 2 aromatic heterocycles. The largest absolute Gasteiger partial charge is 0.452 e. The van der Waals surface area contributed by atoms with Gasteiger partial charge >= 0.3 is 0 Å². The lowest BCUT2D eigenvalue weighted by molar-refractivity contribution is 0.382. The standard InChI is InChI=1S/C25H20FN3OS2/c1-16-9-11-17(12-10-16)32-22-14-13-21(30-22)24-23(19-7-4-5-15-27-19)28-25(31)29(24)20-8-3-2-6-18(20)26/h2-15,23-24H,1H3,(H,28,31)/t23-,24+/m0/s1. The Morgan fingerprint density at radius 2 is 1.78 bits per heavy atom. The van der Waals surface area contributed by atoms with Gasteiger partial charge in [-0.15, -0.1) is 0 Å². The zero-order valence-electron chi connectivity index (χ0n) is 17.2. The number of aromatic nitrogens is 1. The average molecular weight is 462 g/mol. The van der Waals surface area contributed by atoms with E-state index in [0.29, 0.717) is 16.6 Å². The van der Waals surface area contributed by atoms with Crippen LogP contribution in [0.5, 0.6) is 0 Å². The first-order valence-electron chi connectivity index (χ1n) is 10.2. The monoisotopic (exact) mass is 461 g/mol. The first-order valence-corrected chi connectivity index (χ1v) is 11.4. The molecule has 160 valence electrons. The second-order valence-corrected chi connectivity index (χ2v) is 8.98. The zero-order valence-corrected chi connectivity index (χ0v) is 18.9. The van der Waals surface area contributed by atoms with Crippen molar-refractivity contribution in [1.82, 2.24) is 10.3 Å². The van der Waals surface area contributed by atoms with Crippen LogP contribution in [0.15, 0.2) is 99.5 Å². The van der Waals surface area contributed by atoms with E-state index >= 15 is 0 Å². The van der Waals surface area contributed by atoms with Gasteiger partial charge in [-0.2, -0.15) is 0 Å². The van der Waals surface area contributed by atoms with Gasteiger partial charge in [0.05, 0.1) is 17.4 Å². The molecular weight excluding hydrogens is 441 g/mol. The molecule has 1 N–H and O–H groups in total. The second kappa shape index (κ2) is 8.76. The molecule has 1 fully saturated rings. The molecular formula is C25H20FN3OS2. The number of halogens is 1. The van der Waals surface area contributed by atoms with E-state index in [2.05, 4.69) is 41.5 Å². The van der Waals surface area contributed by atoms with Crippen molar-refractivity contribution in [2.45, 2.75) is 29.0 Å². The molecule has 0 spiro atoms. The van der Waals surface area contributed by atoms with E-state index in [4.69, 9.17) is 16.6 Å². The highest BCUT2D eigenvalue weighted by Crippen LogP contribution is 2.43. The van der Waals surface area contributed by atoms with Gasteiger partial charge < -0.3 is 14.6 Å². The van der Waals surface area contributed by atoms with Crippen molar-refractivity contribution in [3.8, 4) is 0 Å². The Labute approximate surface area is 195 Å². The quantitative estimate of drug-likeness (QED) is 0.345. The van der Waals surface area contributed by atoms with Gasteiger partial charge in [0.1, 0.15) is 17.6 Å². The van der Waals surface area contributed by atoms with Crippen LogP contribution in [0.1, 0.15) is 29.1 Å². The van der Waals surface area contributed by atoms with Crippen LogP contribution in [0.2, 0.25) is 0 Å². The summed E-state index contributed by atoms with van der Waals surface area (Å²) in [6, 6.07) is 23.8. The Hall–Kier alpha value is -3.16. The molecule has 3 heterocycles. The third-order valence-electron chi connectivity index (χ3n) is 5.34. The number of aryl methyl sites for hydroxylation is 1. The number of furan rings is 1. The molecule has 1 aliphatic heterocycles. The number of anilines is 1. The molecule has 0 amide bonds. The zero-order chi connectivity index (χ0) is 22.1. The van der Waals surface area contributed by atoms with Crippen LogP contribution in [-0.2, 0) is 0 Å². The molecule has 0 aliphatic carbocycles. The number of hydrogen-bond donors (Lipinski definition) is 1. The fourth-order valence-corrected chi connectivity index (χ4v) is 4.94. The number of para-hydroxylation sites is 1. The maximum absolute atomic E-state index is 14.8. The number of benzene rings is 2. The van der Waals surface area contributed by atoms with Crippen LogP contribution in [0.3, 0.4) is 0 Å². The fraction of sp³-hybridized carbons (Fsp3) is 0.120. The van der Waals surface area contributed by atoms with Crippen molar-refractivity contribution in [3.63, 3.8) is 0 Å². The third kappa shape index (κ3) is 4.01. The average Bonchev–Trinajstić information content (AvgIpc) is 3.40. The summed E-state index contributed by atoms with van der Waals surface area (Å²) in [6.45, 7) is 2.06. The third-order valence-corrected chi connectivity index (χ3v) is 6.59. The first-order chi connectivity index (χ1) is 15.6.